The Labute approximate surface area is 180 Å². The lowest BCUT2D eigenvalue weighted by molar-refractivity contribution is 0.414. The summed E-state index contributed by atoms with van der Waals surface area (Å²) in [6.07, 6.45) is 3.28. The van der Waals surface area contributed by atoms with Crippen molar-refractivity contribution in [3.8, 4) is 22.7 Å². The average Bonchev–Trinajstić information content (AvgIpc) is 3.48. The first-order chi connectivity index (χ1) is 15.0. The highest BCUT2D eigenvalue weighted by Gasteiger charge is 2.32. The number of rotatable bonds is 4. The first kappa shape index (κ1) is 19.4. The van der Waals surface area contributed by atoms with Crippen molar-refractivity contribution in [1.29, 1.82) is 0 Å². The number of aromatic nitrogens is 6. The van der Waals surface area contributed by atoms with Crippen LogP contribution in [0.5, 0.6) is 0 Å². The predicted molar refractivity (Wildman–Crippen MR) is 111 cm³/mol. The van der Waals surface area contributed by atoms with Gasteiger partial charge in [0.25, 0.3) is 5.56 Å². The van der Waals surface area contributed by atoms with Gasteiger partial charge >= 0.3 is 0 Å². The lowest BCUT2D eigenvalue weighted by atomic mass is 10.1. The second-order valence-electron chi connectivity index (χ2n) is 7.31. The highest BCUT2D eigenvalue weighted by molar-refractivity contribution is 6.30. The third-order valence-electron chi connectivity index (χ3n) is 5.35. The van der Waals surface area contributed by atoms with Crippen LogP contribution in [0.1, 0.15) is 24.6 Å². The minimum Gasteiger partial charge on any atom is -0.356 e. The number of benzene rings is 1. The second kappa shape index (κ2) is 7.62. The standard InChI is InChI=1S/C20H17ClFN7O2/c1-28-19(11-7-18(30)24-23-10-11)25-26-20(28)29-6-2-3-16(29)15-9-17(31-27-15)13-8-12(21)4-5-14(13)22/h4-5,7-10,16H,2-3,6H2,1H3,(H,24,30). The van der Waals surface area contributed by atoms with Crippen LogP contribution in [0.25, 0.3) is 22.7 Å². The van der Waals surface area contributed by atoms with Crippen LogP contribution in [0, 0.1) is 5.82 Å². The molecule has 1 atom stereocenters. The molecule has 1 aliphatic rings. The lowest BCUT2D eigenvalue weighted by Gasteiger charge is -2.23. The van der Waals surface area contributed by atoms with E-state index in [1.807, 2.05) is 11.6 Å². The summed E-state index contributed by atoms with van der Waals surface area (Å²) in [5.41, 5.74) is 1.19. The summed E-state index contributed by atoms with van der Waals surface area (Å²) >= 11 is 6.00. The van der Waals surface area contributed by atoms with Crippen molar-refractivity contribution in [3.05, 3.63) is 63.4 Å². The highest BCUT2D eigenvalue weighted by atomic mass is 35.5. The molecule has 1 aliphatic heterocycles. The molecule has 3 aromatic heterocycles. The van der Waals surface area contributed by atoms with Gasteiger partial charge in [0, 0.05) is 36.3 Å². The molecule has 0 aliphatic carbocycles. The van der Waals surface area contributed by atoms with E-state index in [-0.39, 0.29) is 17.2 Å². The number of halogens is 2. The Kier molecular flexibility index (Phi) is 4.78. The van der Waals surface area contributed by atoms with Crippen molar-refractivity contribution in [1.82, 2.24) is 30.1 Å². The molecule has 4 aromatic rings. The molecule has 4 heterocycles. The van der Waals surface area contributed by atoms with Crippen molar-refractivity contribution in [2.45, 2.75) is 18.9 Å². The number of hydrogen-bond donors (Lipinski definition) is 1. The SMILES string of the molecule is Cn1c(-c2cn[nH]c(=O)c2)nnc1N1CCCC1c1cc(-c2cc(Cl)ccc2F)on1. The molecule has 1 saturated heterocycles. The van der Waals surface area contributed by atoms with Gasteiger partial charge in [0.15, 0.2) is 11.6 Å². The molecule has 9 nitrogen and oxygen atoms in total. The van der Waals surface area contributed by atoms with Gasteiger partial charge in [-0.1, -0.05) is 16.8 Å². The fraction of sp³-hybridized carbons (Fsp3) is 0.250. The zero-order chi connectivity index (χ0) is 21.5. The van der Waals surface area contributed by atoms with Gasteiger partial charge in [-0.2, -0.15) is 5.10 Å². The van der Waals surface area contributed by atoms with Crippen LogP contribution in [0.15, 0.2) is 45.8 Å². The second-order valence-corrected chi connectivity index (χ2v) is 7.74. The number of nitrogens with one attached hydrogen (secondary N) is 1. The minimum absolute atomic E-state index is 0.104. The minimum atomic E-state index is -0.431. The van der Waals surface area contributed by atoms with E-state index in [4.69, 9.17) is 16.1 Å². The summed E-state index contributed by atoms with van der Waals surface area (Å²) in [6, 6.07) is 7.34. The number of aromatic amines is 1. The fourth-order valence-electron chi connectivity index (χ4n) is 3.89. The number of H-pyrrole nitrogens is 1. The Hall–Kier alpha value is -3.53. The van der Waals surface area contributed by atoms with E-state index in [1.165, 1.54) is 30.5 Å². The van der Waals surface area contributed by atoms with Gasteiger partial charge in [0.1, 0.15) is 11.5 Å². The summed E-state index contributed by atoms with van der Waals surface area (Å²) in [5.74, 6) is 1.05. The highest BCUT2D eigenvalue weighted by Crippen LogP contribution is 2.37. The van der Waals surface area contributed by atoms with Crippen LogP contribution >= 0.6 is 11.6 Å². The van der Waals surface area contributed by atoms with Crippen molar-refractivity contribution in [2.75, 3.05) is 11.4 Å². The van der Waals surface area contributed by atoms with Crippen LogP contribution in [0.2, 0.25) is 5.02 Å². The zero-order valence-corrected chi connectivity index (χ0v) is 17.2. The van der Waals surface area contributed by atoms with Gasteiger partial charge in [-0.15, -0.1) is 10.2 Å². The Morgan fingerprint density at radius 1 is 1.26 bits per heavy atom. The summed E-state index contributed by atoms with van der Waals surface area (Å²) in [7, 11) is 1.83. The van der Waals surface area contributed by atoms with Crippen molar-refractivity contribution in [3.63, 3.8) is 0 Å². The molecule has 1 unspecified atom stereocenters. The smallest absolute Gasteiger partial charge is 0.264 e. The molecule has 0 bridgehead atoms. The van der Waals surface area contributed by atoms with E-state index in [0.717, 1.165) is 19.4 Å². The zero-order valence-electron chi connectivity index (χ0n) is 16.4. The third kappa shape index (κ3) is 3.48. The molecule has 5 rings (SSSR count). The summed E-state index contributed by atoms with van der Waals surface area (Å²) in [5, 5.41) is 19.3. The molecule has 1 aromatic carbocycles. The van der Waals surface area contributed by atoms with Gasteiger partial charge in [-0.05, 0) is 31.0 Å². The van der Waals surface area contributed by atoms with Gasteiger partial charge in [-0.25, -0.2) is 9.49 Å². The lowest BCUT2D eigenvalue weighted by Crippen LogP contribution is -2.25. The Morgan fingerprint density at radius 2 is 2.13 bits per heavy atom. The topological polar surface area (TPSA) is 106 Å². The van der Waals surface area contributed by atoms with Crippen LogP contribution in [0.4, 0.5) is 10.3 Å². The van der Waals surface area contributed by atoms with E-state index in [0.29, 0.717) is 33.8 Å². The average molecular weight is 442 g/mol. The summed E-state index contributed by atoms with van der Waals surface area (Å²) in [4.78, 5) is 13.7. The molecule has 1 fully saturated rings. The van der Waals surface area contributed by atoms with Crippen molar-refractivity contribution < 1.29 is 8.91 Å². The number of anilines is 1. The first-order valence-corrected chi connectivity index (χ1v) is 10.0. The van der Waals surface area contributed by atoms with Crippen LogP contribution < -0.4 is 10.5 Å². The molecule has 158 valence electrons. The number of hydrogen-bond acceptors (Lipinski definition) is 7. The molecular weight excluding hydrogens is 425 g/mol. The molecule has 0 radical (unpaired) electrons. The normalized spacial score (nSPS) is 16.2. The summed E-state index contributed by atoms with van der Waals surface area (Å²) in [6.45, 7) is 0.748. The van der Waals surface area contributed by atoms with E-state index in [9.17, 15) is 9.18 Å². The van der Waals surface area contributed by atoms with Crippen molar-refractivity contribution in [2.24, 2.45) is 7.05 Å². The predicted octanol–water partition coefficient (Wildman–Crippen LogP) is 3.35. The quantitative estimate of drug-likeness (QED) is 0.517. The van der Waals surface area contributed by atoms with Gasteiger partial charge in [0.2, 0.25) is 5.95 Å². The fourth-order valence-corrected chi connectivity index (χ4v) is 4.07. The largest absolute Gasteiger partial charge is 0.356 e. The molecule has 0 spiro atoms. The molecule has 31 heavy (non-hydrogen) atoms. The molecular formula is C20H17ClFN7O2. The monoisotopic (exact) mass is 441 g/mol. The van der Waals surface area contributed by atoms with Gasteiger partial charge in [-0.3, -0.25) is 9.36 Å². The van der Waals surface area contributed by atoms with Crippen LogP contribution in [0.3, 0.4) is 0 Å². The van der Waals surface area contributed by atoms with Crippen molar-refractivity contribution >= 4 is 17.5 Å². The van der Waals surface area contributed by atoms with E-state index in [1.54, 1.807) is 6.07 Å². The van der Waals surface area contributed by atoms with Gasteiger partial charge < -0.3 is 9.42 Å². The maximum atomic E-state index is 14.2. The van der Waals surface area contributed by atoms with E-state index < -0.39 is 5.82 Å². The maximum absolute atomic E-state index is 14.2. The first-order valence-electron chi connectivity index (χ1n) is 9.64. The van der Waals surface area contributed by atoms with Crippen LogP contribution in [-0.2, 0) is 7.05 Å². The maximum Gasteiger partial charge on any atom is 0.264 e. The Balaban J connectivity index is 1.47. The molecule has 1 N–H and O–H groups in total. The number of nitrogens with zero attached hydrogens (tertiary/aromatic N) is 6. The van der Waals surface area contributed by atoms with Gasteiger partial charge in [0.05, 0.1) is 17.8 Å². The van der Waals surface area contributed by atoms with E-state index in [2.05, 4.69) is 30.5 Å². The summed E-state index contributed by atoms with van der Waals surface area (Å²) < 4.78 is 21.5. The molecule has 0 amide bonds. The molecule has 0 saturated carbocycles. The Bertz CT molecular complexity index is 1310. The van der Waals surface area contributed by atoms with E-state index >= 15 is 0 Å². The third-order valence-corrected chi connectivity index (χ3v) is 5.58. The Morgan fingerprint density at radius 3 is 2.97 bits per heavy atom. The molecule has 11 heteroatoms. The van der Waals surface area contributed by atoms with Crippen LogP contribution in [-0.4, -0.2) is 36.7 Å².